The Labute approximate surface area is 125 Å². The molecule has 2 aromatic rings. The number of carbonyl (C=O) groups excluding carboxylic acids is 2. The molecule has 0 saturated heterocycles. The van der Waals surface area contributed by atoms with Crippen LogP contribution in [0.25, 0.3) is 10.6 Å². The highest BCUT2D eigenvalue weighted by Gasteiger charge is 2.19. The lowest BCUT2D eigenvalue weighted by atomic mass is 10.2. The van der Waals surface area contributed by atoms with E-state index in [2.05, 4.69) is 4.98 Å². The van der Waals surface area contributed by atoms with Gasteiger partial charge in [-0.3, -0.25) is 4.79 Å². The molecule has 1 aromatic heterocycles. The SMILES string of the molecule is COc1ccc(-c2nc(C(=O)O[C@H](C)C(N)=O)cs2)cc1. The number of hydrogen-bond acceptors (Lipinski definition) is 6. The molecule has 1 amide bonds. The lowest BCUT2D eigenvalue weighted by Crippen LogP contribution is -2.30. The highest BCUT2D eigenvalue weighted by molar-refractivity contribution is 7.13. The van der Waals surface area contributed by atoms with Crippen LogP contribution in [0.3, 0.4) is 0 Å². The van der Waals surface area contributed by atoms with Crippen LogP contribution in [0.2, 0.25) is 0 Å². The molecule has 0 radical (unpaired) electrons. The Balaban J connectivity index is 2.13. The molecule has 2 N–H and O–H groups in total. The van der Waals surface area contributed by atoms with Crippen molar-refractivity contribution >= 4 is 23.2 Å². The maximum Gasteiger partial charge on any atom is 0.358 e. The molecule has 7 heteroatoms. The van der Waals surface area contributed by atoms with Gasteiger partial charge in [0.05, 0.1) is 7.11 Å². The Hall–Kier alpha value is -2.41. The van der Waals surface area contributed by atoms with Crippen LogP contribution in [-0.4, -0.2) is 30.1 Å². The zero-order valence-corrected chi connectivity index (χ0v) is 12.3. The normalized spacial score (nSPS) is 11.7. The summed E-state index contributed by atoms with van der Waals surface area (Å²) in [4.78, 5) is 26.9. The molecule has 0 fully saturated rings. The average molecular weight is 306 g/mol. The number of nitrogens with two attached hydrogens (primary N) is 1. The van der Waals surface area contributed by atoms with Crippen molar-refractivity contribution in [2.45, 2.75) is 13.0 Å². The van der Waals surface area contributed by atoms with Crippen LogP contribution in [0.4, 0.5) is 0 Å². The first kappa shape index (κ1) is 15.0. The van der Waals surface area contributed by atoms with Gasteiger partial charge in [0, 0.05) is 10.9 Å². The van der Waals surface area contributed by atoms with Crippen LogP contribution in [0.1, 0.15) is 17.4 Å². The van der Waals surface area contributed by atoms with Gasteiger partial charge in [0.2, 0.25) is 0 Å². The first-order valence-corrected chi connectivity index (χ1v) is 6.99. The van der Waals surface area contributed by atoms with Gasteiger partial charge in [-0.1, -0.05) is 0 Å². The Morgan fingerprint density at radius 3 is 2.52 bits per heavy atom. The van der Waals surface area contributed by atoms with Crippen molar-refractivity contribution in [2.24, 2.45) is 5.73 Å². The summed E-state index contributed by atoms with van der Waals surface area (Å²) in [6.45, 7) is 1.41. The third-order valence-electron chi connectivity index (χ3n) is 2.73. The van der Waals surface area contributed by atoms with Crippen molar-refractivity contribution in [2.75, 3.05) is 7.11 Å². The first-order chi connectivity index (χ1) is 10.0. The van der Waals surface area contributed by atoms with Gasteiger partial charge in [-0.15, -0.1) is 11.3 Å². The molecule has 1 atom stereocenters. The van der Waals surface area contributed by atoms with Gasteiger partial charge in [0.15, 0.2) is 11.8 Å². The number of aromatic nitrogens is 1. The first-order valence-electron chi connectivity index (χ1n) is 6.11. The van der Waals surface area contributed by atoms with E-state index in [4.69, 9.17) is 15.2 Å². The van der Waals surface area contributed by atoms with Crippen LogP contribution >= 0.6 is 11.3 Å². The highest BCUT2D eigenvalue weighted by Crippen LogP contribution is 2.26. The molecule has 1 heterocycles. The molecule has 0 aliphatic heterocycles. The van der Waals surface area contributed by atoms with Gasteiger partial charge >= 0.3 is 5.97 Å². The minimum atomic E-state index is -0.983. The quantitative estimate of drug-likeness (QED) is 0.851. The molecule has 0 spiro atoms. The van der Waals surface area contributed by atoms with Crippen LogP contribution < -0.4 is 10.5 Å². The molecule has 0 bridgehead atoms. The summed E-state index contributed by atoms with van der Waals surface area (Å²) in [7, 11) is 1.59. The third-order valence-corrected chi connectivity index (χ3v) is 3.63. The lowest BCUT2D eigenvalue weighted by molar-refractivity contribution is -0.125. The van der Waals surface area contributed by atoms with E-state index in [0.717, 1.165) is 11.3 Å². The zero-order chi connectivity index (χ0) is 15.4. The molecule has 0 aliphatic carbocycles. The number of amides is 1. The number of carbonyl (C=O) groups is 2. The molecule has 6 nitrogen and oxygen atoms in total. The summed E-state index contributed by atoms with van der Waals surface area (Å²) in [5.74, 6) is -0.628. The van der Waals surface area contributed by atoms with Gasteiger partial charge in [0.1, 0.15) is 10.8 Å². The average Bonchev–Trinajstić information content (AvgIpc) is 2.97. The number of benzene rings is 1. The zero-order valence-electron chi connectivity index (χ0n) is 11.5. The number of hydrogen-bond donors (Lipinski definition) is 1. The minimum Gasteiger partial charge on any atom is -0.497 e. The van der Waals surface area contributed by atoms with Crippen LogP contribution in [-0.2, 0) is 9.53 Å². The lowest BCUT2D eigenvalue weighted by Gasteiger charge is -2.07. The second-order valence-corrected chi connectivity index (χ2v) is 5.07. The van der Waals surface area contributed by atoms with E-state index in [-0.39, 0.29) is 5.69 Å². The summed E-state index contributed by atoms with van der Waals surface area (Å²) in [5, 5.41) is 2.26. The minimum absolute atomic E-state index is 0.152. The summed E-state index contributed by atoms with van der Waals surface area (Å²) >= 11 is 1.31. The molecule has 1 aromatic carbocycles. The van der Waals surface area contributed by atoms with Crippen LogP contribution in [0, 0.1) is 0 Å². The monoisotopic (exact) mass is 306 g/mol. The van der Waals surface area contributed by atoms with Crippen molar-refractivity contribution in [3.05, 3.63) is 35.3 Å². The van der Waals surface area contributed by atoms with E-state index in [1.54, 1.807) is 12.5 Å². The number of rotatable bonds is 5. The molecule has 0 saturated carbocycles. The van der Waals surface area contributed by atoms with Gasteiger partial charge < -0.3 is 15.2 Å². The van der Waals surface area contributed by atoms with Crippen molar-refractivity contribution < 1.29 is 19.1 Å². The van der Waals surface area contributed by atoms with Gasteiger partial charge in [-0.05, 0) is 31.2 Å². The Bertz CT molecular complexity index is 651. The fourth-order valence-corrected chi connectivity index (χ4v) is 2.31. The van der Waals surface area contributed by atoms with E-state index >= 15 is 0 Å². The van der Waals surface area contributed by atoms with Crippen molar-refractivity contribution in [3.8, 4) is 16.3 Å². The molecule has 110 valence electrons. The Morgan fingerprint density at radius 2 is 1.95 bits per heavy atom. The molecule has 0 aliphatic rings. The van der Waals surface area contributed by atoms with Gasteiger partial charge in [-0.2, -0.15) is 0 Å². The molecular weight excluding hydrogens is 292 g/mol. The maximum atomic E-state index is 11.8. The summed E-state index contributed by atoms with van der Waals surface area (Å²) in [6.07, 6.45) is -0.983. The van der Waals surface area contributed by atoms with Crippen molar-refractivity contribution in [1.29, 1.82) is 0 Å². The van der Waals surface area contributed by atoms with Gasteiger partial charge in [-0.25, -0.2) is 9.78 Å². The van der Waals surface area contributed by atoms with E-state index < -0.39 is 18.0 Å². The predicted molar refractivity (Wildman–Crippen MR) is 78.2 cm³/mol. The fraction of sp³-hybridized carbons (Fsp3) is 0.214. The number of primary amides is 1. The second-order valence-electron chi connectivity index (χ2n) is 4.22. The second kappa shape index (κ2) is 6.36. The topological polar surface area (TPSA) is 91.5 Å². The van der Waals surface area contributed by atoms with E-state index in [1.165, 1.54) is 18.3 Å². The van der Waals surface area contributed by atoms with E-state index in [9.17, 15) is 9.59 Å². The number of ether oxygens (including phenoxy) is 2. The smallest absolute Gasteiger partial charge is 0.358 e. The fourth-order valence-electron chi connectivity index (χ4n) is 1.51. The maximum absolute atomic E-state index is 11.8. The Kier molecular flexibility index (Phi) is 4.54. The van der Waals surface area contributed by atoms with E-state index in [1.807, 2.05) is 24.3 Å². The number of nitrogens with zero attached hydrogens (tertiary/aromatic N) is 1. The summed E-state index contributed by atoms with van der Waals surface area (Å²) < 4.78 is 9.97. The molecule has 2 rings (SSSR count). The largest absolute Gasteiger partial charge is 0.497 e. The van der Waals surface area contributed by atoms with Gasteiger partial charge in [0.25, 0.3) is 5.91 Å². The highest BCUT2D eigenvalue weighted by atomic mass is 32.1. The Morgan fingerprint density at radius 1 is 1.29 bits per heavy atom. The van der Waals surface area contributed by atoms with E-state index in [0.29, 0.717) is 5.01 Å². The third kappa shape index (κ3) is 3.57. The summed E-state index contributed by atoms with van der Waals surface area (Å²) in [6, 6.07) is 7.31. The van der Waals surface area contributed by atoms with Crippen molar-refractivity contribution in [1.82, 2.24) is 4.98 Å². The summed E-state index contributed by atoms with van der Waals surface area (Å²) in [5.41, 5.74) is 6.06. The number of thiazole rings is 1. The predicted octanol–water partition coefficient (Wildman–Crippen LogP) is 1.85. The standard InChI is InChI=1S/C14H14N2O4S/c1-8(12(15)17)20-14(18)11-7-21-13(16-11)9-3-5-10(19-2)6-4-9/h3-8H,1-2H3,(H2,15,17)/t8-/m1/s1. The van der Waals surface area contributed by atoms with Crippen LogP contribution in [0.15, 0.2) is 29.6 Å². The molecule has 21 heavy (non-hydrogen) atoms. The van der Waals surface area contributed by atoms with Crippen molar-refractivity contribution in [3.63, 3.8) is 0 Å². The molecular formula is C14H14N2O4S. The number of esters is 1. The van der Waals surface area contributed by atoms with Crippen LogP contribution in [0.5, 0.6) is 5.75 Å². The molecule has 0 unspecified atom stereocenters. The number of methoxy groups -OCH3 is 1.